The van der Waals surface area contributed by atoms with E-state index in [-0.39, 0.29) is 23.1 Å². The molecule has 1 atom stereocenters. The van der Waals surface area contributed by atoms with Crippen molar-refractivity contribution in [3.05, 3.63) is 32.5 Å². The number of anilines is 1. The summed E-state index contributed by atoms with van der Waals surface area (Å²) in [6.07, 6.45) is -0.382. The Bertz CT molecular complexity index is 741. The number of hydrogen-bond acceptors (Lipinski definition) is 5. The van der Waals surface area contributed by atoms with Gasteiger partial charge in [-0.3, -0.25) is 14.9 Å². The second-order valence-electron chi connectivity index (χ2n) is 4.32. The highest BCUT2D eigenvalue weighted by Gasteiger charge is 2.41. The summed E-state index contributed by atoms with van der Waals surface area (Å²) in [7, 11) is 1.23. The minimum absolute atomic E-state index is 0.0184. The summed E-state index contributed by atoms with van der Waals surface area (Å²) in [5.74, 6) is -1.50. The van der Waals surface area contributed by atoms with E-state index in [0.29, 0.717) is 6.07 Å². The standard InChI is InChI=1S/C10H7BrClFN2O5S/c11-7-1-5(13)2-8(15(17)18)10(7)14-4-6(3-9(14)16)21(12,19)20/h1-2,6H,3-4H2. The highest BCUT2D eigenvalue weighted by atomic mass is 79.9. The second-order valence-corrected chi connectivity index (χ2v) is 8.08. The van der Waals surface area contributed by atoms with Crippen molar-refractivity contribution >= 4 is 52.9 Å². The molecule has 0 N–H and O–H groups in total. The Hall–Kier alpha value is -1.26. The molecule has 0 spiro atoms. The summed E-state index contributed by atoms with van der Waals surface area (Å²) in [5, 5.41) is 9.84. The van der Waals surface area contributed by atoms with Crippen LogP contribution in [0.5, 0.6) is 0 Å². The average molecular weight is 402 g/mol. The third-order valence-corrected chi connectivity index (χ3v) is 5.43. The van der Waals surface area contributed by atoms with Crippen LogP contribution in [0.2, 0.25) is 0 Å². The highest BCUT2D eigenvalue weighted by molar-refractivity contribution is 9.10. The molecule has 0 saturated carbocycles. The number of hydrogen-bond donors (Lipinski definition) is 0. The van der Waals surface area contributed by atoms with E-state index in [1.54, 1.807) is 0 Å². The molecule has 2 rings (SSSR count). The molecular weight excluding hydrogens is 395 g/mol. The number of nitro groups is 1. The molecule has 11 heteroatoms. The van der Waals surface area contributed by atoms with Gasteiger partial charge in [0.1, 0.15) is 16.8 Å². The topological polar surface area (TPSA) is 97.6 Å². The lowest BCUT2D eigenvalue weighted by Crippen LogP contribution is -2.27. The van der Waals surface area contributed by atoms with Crippen LogP contribution < -0.4 is 4.90 Å². The Morgan fingerprint density at radius 2 is 2.10 bits per heavy atom. The van der Waals surface area contributed by atoms with Crippen LogP contribution >= 0.6 is 26.6 Å². The van der Waals surface area contributed by atoms with Crippen LogP contribution in [0.3, 0.4) is 0 Å². The summed E-state index contributed by atoms with van der Waals surface area (Å²) >= 11 is 2.95. The zero-order valence-electron chi connectivity index (χ0n) is 10.1. The Morgan fingerprint density at radius 3 is 2.57 bits per heavy atom. The lowest BCUT2D eigenvalue weighted by molar-refractivity contribution is -0.384. The normalized spacial score (nSPS) is 19.1. The highest BCUT2D eigenvalue weighted by Crippen LogP contribution is 2.39. The first-order chi connectivity index (χ1) is 9.61. The Morgan fingerprint density at radius 1 is 1.48 bits per heavy atom. The number of carbonyl (C=O) groups excluding carboxylic acids is 1. The van der Waals surface area contributed by atoms with Gasteiger partial charge in [0.2, 0.25) is 15.0 Å². The number of halogens is 3. The molecule has 7 nitrogen and oxygen atoms in total. The monoisotopic (exact) mass is 400 g/mol. The molecule has 1 fully saturated rings. The van der Waals surface area contributed by atoms with E-state index >= 15 is 0 Å². The Labute approximate surface area is 131 Å². The maximum Gasteiger partial charge on any atom is 0.297 e. The molecule has 0 aromatic heterocycles. The molecule has 0 bridgehead atoms. The number of carbonyl (C=O) groups is 1. The van der Waals surface area contributed by atoms with Crippen LogP contribution in [0.15, 0.2) is 16.6 Å². The number of rotatable bonds is 3. The van der Waals surface area contributed by atoms with Crippen LogP contribution in [0.4, 0.5) is 15.8 Å². The fourth-order valence-corrected chi connectivity index (χ4v) is 3.70. The lowest BCUT2D eigenvalue weighted by Gasteiger charge is -2.17. The van der Waals surface area contributed by atoms with Crippen LogP contribution in [0, 0.1) is 15.9 Å². The first-order valence-electron chi connectivity index (χ1n) is 5.48. The SMILES string of the molecule is O=C1CC(S(=O)(=O)Cl)CN1c1c(Br)cc(F)cc1[N+](=O)[O-]. The van der Waals surface area contributed by atoms with Gasteiger partial charge in [-0.1, -0.05) is 0 Å². The van der Waals surface area contributed by atoms with E-state index < -0.39 is 36.6 Å². The quantitative estimate of drug-likeness (QED) is 0.439. The average Bonchev–Trinajstić information content (AvgIpc) is 2.70. The van der Waals surface area contributed by atoms with Gasteiger partial charge in [0, 0.05) is 23.6 Å². The van der Waals surface area contributed by atoms with Crippen molar-refractivity contribution < 1.29 is 22.5 Å². The van der Waals surface area contributed by atoms with Gasteiger partial charge in [0.15, 0.2) is 0 Å². The summed E-state index contributed by atoms with van der Waals surface area (Å²) < 4.78 is 35.8. The Balaban J connectivity index is 2.53. The van der Waals surface area contributed by atoms with Crippen LogP contribution in [-0.2, 0) is 13.8 Å². The molecule has 1 aromatic carbocycles. The maximum atomic E-state index is 13.3. The van der Waals surface area contributed by atoms with Gasteiger partial charge < -0.3 is 4.90 Å². The van der Waals surface area contributed by atoms with E-state index in [4.69, 9.17) is 10.7 Å². The maximum absolute atomic E-state index is 13.3. The number of amides is 1. The van der Waals surface area contributed by atoms with E-state index in [9.17, 15) is 27.7 Å². The molecule has 1 aliphatic rings. The molecular formula is C10H7BrClFN2O5S. The summed E-state index contributed by atoms with van der Waals surface area (Å²) in [6, 6.07) is 1.62. The van der Waals surface area contributed by atoms with Gasteiger partial charge in [-0.2, -0.15) is 0 Å². The zero-order chi connectivity index (χ0) is 15.9. The molecule has 0 aliphatic carbocycles. The van der Waals surface area contributed by atoms with Crippen molar-refractivity contribution in [2.24, 2.45) is 0 Å². The van der Waals surface area contributed by atoms with Gasteiger partial charge in [-0.05, 0) is 22.0 Å². The molecule has 1 aliphatic heterocycles. The third-order valence-electron chi connectivity index (χ3n) is 2.96. The molecule has 1 saturated heterocycles. The van der Waals surface area contributed by atoms with Crippen LogP contribution in [-0.4, -0.2) is 31.0 Å². The fraction of sp³-hybridized carbons (Fsp3) is 0.300. The second kappa shape index (κ2) is 5.50. The lowest BCUT2D eigenvalue weighted by atomic mass is 10.2. The summed E-state index contributed by atoms with van der Waals surface area (Å²) in [6.45, 7) is -0.324. The third kappa shape index (κ3) is 3.16. The predicted octanol–water partition coefficient (Wildman–Crippen LogP) is 2.17. The van der Waals surface area contributed by atoms with Crippen molar-refractivity contribution in [1.82, 2.24) is 0 Å². The molecule has 21 heavy (non-hydrogen) atoms. The molecule has 1 unspecified atom stereocenters. The smallest absolute Gasteiger partial charge is 0.297 e. The van der Waals surface area contributed by atoms with Gasteiger partial charge in [0.05, 0.1) is 15.5 Å². The van der Waals surface area contributed by atoms with E-state index in [1.807, 2.05) is 0 Å². The minimum Gasteiger partial charge on any atom is -0.304 e. The van der Waals surface area contributed by atoms with Gasteiger partial charge >= 0.3 is 0 Å². The van der Waals surface area contributed by atoms with Crippen molar-refractivity contribution in [2.45, 2.75) is 11.7 Å². The van der Waals surface area contributed by atoms with Crippen LogP contribution in [0.25, 0.3) is 0 Å². The predicted molar refractivity (Wildman–Crippen MR) is 76.3 cm³/mol. The van der Waals surface area contributed by atoms with E-state index in [1.165, 1.54) is 0 Å². The van der Waals surface area contributed by atoms with Crippen molar-refractivity contribution in [3.63, 3.8) is 0 Å². The number of nitro benzene ring substituents is 1. The van der Waals surface area contributed by atoms with E-state index in [2.05, 4.69) is 15.9 Å². The molecule has 0 radical (unpaired) electrons. The molecule has 114 valence electrons. The van der Waals surface area contributed by atoms with Crippen molar-refractivity contribution in [1.29, 1.82) is 0 Å². The van der Waals surface area contributed by atoms with Crippen LogP contribution in [0.1, 0.15) is 6.42 Å². The van der Waals surface area contributed by atoms with Crippen molar-refractivity contribution in [3.8, 4) is 0 Å². The first-order valence-corrected chi connectivity index (χ1v) is 8.65. The first kappa shape index (κ1) is 16.1. The fourth-order valence-electron chi connectivity index (χ4n) is 2.04. The van der Waals surface area contributed by atoms with Gasteiger partial charge in [-0.15, -0.1) is 0 Å². The number of nitrogens with zero attached hydrogens (tertiary/aromatic N) is 2. The van der Waals surface area contributed by atoms with Gasteiger partial charge in [0.25, 0.3) is 5.69 Å². The zero-order valence-corrected chi connectivity index (χ0v) is 13.3. The minimum atomic E-state index is -3.98. The molecule has 1 amide bonds. The molecule has 1 aromatic rings. The largest absolute Gasteiger partial charge is 0.304 e. The van der Waals surface area contributed by atoms with Gasteiger partial charge in [-0.25, -0.2) is 12.8 Å². The Kier molecular flexibility index (Phi) is 4.22. The van der Waals surface area contributed by atoms with E-state index in [0.717, 1.165) is 11.0 Å². The summed E-state index contributed by atoms with van der Waals surface area (Å²) in [5.41, 5.74) is -0.822. The molecule has 1 heterocycles. The number of benzene rings is 1. The van der Waals surface area contributed by atoms with Crippen molar-refractivity contribution in [2.75, 3.05) is 11.4 Å². The summed E-state index contributed by atoms with van der Waals surface area (Å²) in [4.78, 5) is 23.0.